The topological polar surface area (TPSA) is 68.4 Å². The summed E-state index contributed by atoms with van der Waals surface area (Å²) in [7, 11) is 2.09. The zero-order chi connectivity index (χ0) is 16.8. The number of aliphatic hydroxyl groups excluding tert-OH is 1. The van der Waals surface area contributed by atoms with Gasteiger partial charge in [-0.15, -0.1) is 0 Å². The molecule has 0 saturated carbocycles. The van der Waals surface area contributed by atoms with Crippen LogP contribution in [-0.2, 0) is 11.2 Å². The van der Waals surface area contributed by atoms with Crippen LogP contribution >= 0.6 is 0 Å². The molecule has 0 spiro atoms. The molecule has 126 valence electrons. The van der Waals surface area contributed by atoms with Gasteiger partial charge in [-0.05, 0) is 43.2 Å². The van der Waals surface area contributed by atoms with E-state index in [1.54, 1.807) is 0 Å². The van der Waals surface area contributed by atoms with Gasteiger partial charge in [-0.2, -0.15) is 0 Å². The summed E-state index contributed by atoms with van der Waals surface area (Å²) in [6.45, 7) is 2.47. The van der Waals surface area contributed by atoms with Crippen molar-refractivity contribution in [3.63, 3.8) is 0 Å². The van der Waals surface area contributed by atoms with Crippen molar-refractivity contribution in [2.75, 3.05) is 20.2 Å². The Morgan fingerprint density at radius 3 is 3.12 bits per heavy atom. The molecule has 0 saturated heterocycles. The molecule has 1 aromatic heterocycles. The van der Waals surface area contributed by atoms with Crippen LogP contribution < -0.4 is 5.32 Å². The molecule has 3 N–H and O–H groups in total. The third kappa shape index (κ3) is 2.36. The van der Waals surface area contributed by atoms with Crippen LogP contribution in [0.2, 0.25) is 0 Å². The molecule has 3 atom stereocenters. The highest BCUT2D eigenvalue weighted by atomic mass is 16.3. The summed E-state index contributed by atoms with van der Waals surface area (Å²) in [6.07, 6.45) is 5.22. The van der Waals surface area contributed by atoms with E-state index in [1.165, 1.54) is 22.1 Å². The first kappa shape index (κ1) is 15.4. The number of H-pyrrole nitrogens is 1. The van der Waals surface area contributed by atoms with Gasteiger partial charge in [0.15, 0.2) is 0 Å². The number of hydrogen-bond donors (Lipinski definition) is 3. The quantitative estimate of drug-likeness (QED) is 0.802. The van der Waals surface area contributed by atoms with Crippen LogP contribution in [0.5, 0.6) is 0 Å². The first-order valence-corrected chi connectivity index (χ1v) is 8.51. The van der Waals surface area contributed by atoms with Gasteiger partial charge in [-0.3, -0.25) is 9.69 Å². The summed E-state index contributed by atoms with van der Waals surface area (Å²) in [5, 5.41) is 13.3. The van der Waals surface area contributed by atoms with Gasteiger partial charge in [-0.25, -0.2) is 0 Å². The minimum Gasteiger partial charge on any atom is -0.394 e. The molecule has 2 aromatic rings. The van der Waals surface area contributed by atoms with Gasteiger partial charge in [0.2, 0.25) is 5.91 Å². The molecule has 5 heteroatoms. The highest BCUT2D eigenvalue weighted by Gasteiger charge is 2.35. The number of rotatable bonds is 3. The summed E-state index contributed by atoms with van der Waals surface area (Å²) < 4.78 is 0. The maximum Gasteiger partial charge on any atom is 0.228 e. The molecule has 1 aromatic carbocycles. The number of aliphatic hydroxyl groups is 1. The van der Waals surface area contributed by atoms with Crippen LogP contribution in [0.15, 0.2) is 30.5 Å². The van der Waals surface area contributed by atoms with Crippen LogP contribution in [0.3, 0.4) is 0 Å². The van der Waals surface area contributed by atoms with E-state index in [1.807, 2.05) is 6.92 Å². The number of fused-ring (bicyclic) bond motifs is 2. The Morgan fingerprint density at radius 2 is 2.33 bits per heavy atom. The average Bonchev–Trinajstić information content (AvgIpc) is 3.00. The molecular formula is C19H23N3O2. The standard InChI is InChI=1S/C19H23N3O2/c1-11(10-23)21-19(24)13-6-15-14-4-3-5-16-18(14)12(8-20-16)7-17(15)22(2)9-13/h3-6,8,11,13,17,20,23H,7,9-10H2,1-2H3,(H,21,24)/t11?,13?,17-/m1/s1. The van der Waals surface area contributed by atoms with Crippen LogP contribution in [0.1, 0.15) is 18.1 Å². The fourth-order valence-electron chi connectivity index (χ4n) is 4.01. The Bertz CT molecular complexity index is 823. The van der Waals surface area contributed by atoms with E-state index >= 15 is 0 Å². The second-order valence-corrected chi connectivity index (χ2v) is 7.02. The highest BCUT2D eigenvalue weighted by Crippen LogP contribution is 2.40. The van der Waals surface area contributed by atoms with Crippen LogP contribution in [0.25, 0.3) is 16.5 Å². The van der Waals surface area contributed by atoms with Gasteiger partial charge in [0.05, 0.1) is 12.5 Å². The Morgan fingerprint density at radius 1 is 1.50 bits per heavy atom. The van der Waals surface area contributed by atoms with E-state index in [9.17, 15) is 4.79 Å². The van der Waals surface area contributed by atoms with Crippen molar-refractivity contribution >= 4 is 22.4 Å². The predicted molar refractivity (Wildman–Crippen MR) is 94.6 cm³/mol. The molecule has 2 unspecified atom stereocenters. The van der Waals surface area contributed by atoms with Crippen molar-refractivity contribution in [2.24, 2.45) is 5.92 Å². The zero-order valence-corrected chi connectivity index (χ0v) is 14.0. The third-order valence-electron chi connectivity index (χ3n) is 5.27. The molecule has 5 nitrogen and oxygen atoms in total. The van der Waals surface area contributed by atoms with Crippen molar-refractivity contribution in [1.29, 1.82) is 0 Å². The first-order valence-electron chi connectivity index (χ1n) is 8.51. The number of aromatic amines is 1. The van der Waals surface area contributed by atoms with Crippen LogP contribution in [-0.4, -0.2) is 53.2 Å². The van der Waals surface area contributed by atoms with Crippen molar-refractivity contribution in [3.05, 3.63) is 41.6 Å². The molecule has 2 heterocycles. The van der Waals surface area contributed by atoms with Gasteiger partial charge in [0.1, 0.15) is 0 Å². The number of amides is 1. The number of carbonyl (C=O) groups is 1. The molecule has 0 radical (unpaired) electrons. The number of nitrogens with one attached hydrogen (secondary N) is 2. The number of benzene rings is 1. The third-order valence-corrected chi connectivity index (χ3v) is 5.27. The molecule has 1 aliphatic heterocycles. The number of likely N-dealkylation sites (N-methyl/N-ethyl adjacent to an activating group) is 1. The van der Waals surface area contributed by atoms with Crippen LogP contribution in [0.4, 0.5) is 0 Å². The molecule has 24 heavy (non-hydrogen) atoms. The first-order chi connectivity index (χ1) is 11.6. The second kappa shape index (κ2) is 5.76. The maximum absolute atomic E-state index is 12.5. The SMILES string of the molecule is CC(CO)NC(=O)C1C=C2c3cccc4[nH]cc(c34)C[C@H]2N(C)C1. The van der Waals surface area contributed by atoms with Gasteiger partial charge in [-0.1, -0.05) is 18.2 Å². The predicted octanol–water partition coefficient (Wildman–Crippen LogP) is 1.53. The van der Waals surface area contributed by atoms with Crippen molar-refractivity contribution in [3.8, 4) is 0 Å². The van der Waals surface area contributed by atoms with E-state index in [0.717, 1.165) is 11.9 Å². The zero-order valence-electron chi connectivity index (χ0n) is 14.0. The fourth-order valence-corrected chi connectivity index (χ4v) is 4.01. The van der Waals surface area contributed by atoms with Crippen molar-refractivity contribution in [1.82, 2.24) is 15.2 Å². The van der Waals surface area contributed by atoms with Crippen molar-refractivity contribution < 1.29 is 9.90 Å². The lowest BCUT2D eigenvalue weighted by Gasteiger charge is -2.39. The van der Waals surface area contributed by atoms with Gasteiger partial charge in [0, 0.05) is 35.7 Å². The molecule has 1 amide bonds. The number of nitrogens with zero attached hydrogens (tertiary/aromatic N) is 1. The summed E-state index contributed by atoms with van der Waals surface area (Å²) in [4.78, 5) is 18.2. The van der Waals surface area contributed by atoms with E-state index in [0.29, 0.717) is 12.6 Å². The Kier molecular flexibility index (Phi) is 3.70. The lowest BCUT2D eigenvalue weighted by Crippen LogP contribution is -2.48. The average molecular weight is 325 g/mol. The van der Waals surface area contributed by atoms with E-state index in [-0.39, 0.29) is 24.5 Å². The monoisotopic (exact) mass is 325 g/mol. The summed E-state index contributed by atoms with van der Waals surface area (Å²) >= 11 is 0. The van der Waals surface area contributed by atoms with E-state index in [4.69, 9.17) is 5.11 Å². The number of hydrogen-bond acceptors (Lipinski definition) is 3. The van der Waals surface area contributed by atoms with E-state index < -0.39 is 0 Å². The van der Waals surface area contributed by atoms with Crippen molar-refractivity contribution in [2.45, 2.75) is 25.4 Å². The Balaban J connectivity index is 1.75. The Labute approximate surface area is 141 Å². The normalized spacial score (nSPS) is 24.4. The Hall–Kier alpha value is -2.11. The van der Waals surface area contributed by atoms with Crippen LogP contribution in [0, 0.1) is 5.92 Å². The summed E-state index contributed by atoms with van der Waals surface area (Å²) in [5.41, 5.74) is 4.99. The summed E-state index contributed by atoms with van der Waals surface area (Å²) in [6, 6.07) is 6.42. The highest BCUT2D eigenvalue weighted by molar-refractivity contribution is 5.99. The summed E-state index contributed by atoms with van der Waals surface area (Å²) in [5.74, 6) is -0.201. The molecule has 1 aliphatic carbocycles. The largest absolute Gasteiger partial charge is 0.394 e. The molecular weight excluding hydrogens is 302 g/mol. The lowest BCUT2D eigenvalue weighted by atomic mass is 9.80. The smallest absolute Gasteiger partial charge is 0.228 e. The molecule has 0 fully saturated rings. The molecule has 0 bridgehead atoms. The van der Waals surface area contributed by atoms with Gasteiger partial charge < -0.3 is 15.4 Å². The number of carbonyl (C=O) groups excluding carboxylic acids is 1. The van der Waals surface area contributed by atoms with Gasteiger partial charge in [0.25, 0.3) is 0 Å². The fraction of sp³-hybridized carbons (Fsp3) is 0.421. The number of aromatic nitrogens is 1. The minimum absolute atomic E-state index is 0.0126. The molecule has 2 aliphatic rings. The molecule has 4 rings (SSSR count). The van der Waals surface area contributed by atoms with Gasteiger partial charge >= 0.3 is 0 Å². The van der Waals surface area contributed by atoms with E-state index in [2.05, 4.69) is 52.7 Å². The lowest BCUT2D eigenvalue weighted by molar-refractivity contribution is -0.125. The maximum atomic E-state index is 12.5. The minimum atomic E-state index is -0.218. The second-order valence-electron chi connectivity index (χ2n) is 7.02.